The zero-order chi connectivity index (χ0) is 20.4. The summed E-state index contributed by atoms with van der Waals surface area (Å²) in [5.41, 5.74) is 10.3. The minimum absolute atomic E-state index is 0.0865. The average molecular weight is 383 g/mol. The van der Waals surface area contributed by atoms with Crippen molar-refractivity contribution < 1.29 is 9.53 Å². The fourth-order valence-electron chi connectivity index (χ4n) is 3.04. The van der Waals surface area contributed by atoms with Crippen LogP contribution in [0.5, 0.6) is 0 Å². The van der Waals surface area contributed by atoms with Gasteiger partial charge in [-0.1, -0.05) is 12.1 Å². The highest BCUT2D eigenvalue weighted by Gasteiger charge is 2.42. The Morgan fingerprint density at radius 1 is 1.21 bits per heavy atom. The maximum Gasteiger partial charge on any atom is 0.407 e. The number of aromatic nitrogens is 1. The van der Waals surface area contributed by atoms with Crippen LogP contribution in [0, 0.1) is 12.3 Å². The monoisotopic (exact) mass is 382 g/mol. The summed E-state index contributed by atoms with van der Waals surface area (Å²) in [5, 5.41) is 6.39. The number of nitrogens with two attached hydrogens (primary N) is 1. The first-order valence-corrected chi connectivity index (χ1v) is 9.69. The number of carbonyl (C=O) groups is 1. The molecular formula is C22H30N4O2. The van der Waals surface area contributed by atoms with Crippen LogP contribution >= 0.6 is 0 Å². The highest BCUT2D eigenvalue weighted by atomic mass is 16.6. The summed E-state index contributed by atoms with van der Waals surface area (Å²) < 4.78 is 5.32. The summed E-state index contributed by atoms with van der Waals surface area (Å²) in [7, 11) is 0. The van der Waals surface area contributed by atoms with Crippen molar-refractivity contribution >= 4 is 17.5 Å². The van der Waals surface area contributed by atoms with Gasteiger partial charge in [-0.2, -0.15) is 0 Å². The number of benzene rings is 1. The van der Waals surface area contributed by atoms with Gasteiger partial charge in [0.2, 0.25) is 0 Å². The number of alkyl carbamates (subject to hydrolysis) is 1. The van der Waals surface area contributed by atoms with Crippen molar-refractivity contribution in [3.05, 3.63) is 42.2 Å². The second-order valence-corrected chi connectivity index (χ2v) is 8.69. The van der Waals surface area contributed by atoms with Gasteiger partial charge in [0.25, 0.3) is 0 Å². The highest BCUT2D eigenvalue weighted by Crippen LogP contribution is 2.45. The van der Waals surface area contributed by atoms with Gasteiger partial charge in [-0.3, -0.25) is 4.98 Å². The van der Waals surface area contributed by atoms with Gasteiger partial charge in [0.15, 0.2) is 0 Å². The molecule has 0 saturated heterocycles. The van der Waals surface area contributed by atoms with Crippen molar-refractivity contribution in [1.29, 1.82) is 0 Å². The van der Waals surface area contributed by atoms with Crippen LogP contribution < -0.4 is 16.4 Å². The second kappa shape index (κ2) is 7.70. The molecule has 0 radical (unpaired) electrons. The van der Waals surface area contributed by atoms with Crippen LogP contribution in [0.3, 0.4) is 0 Å². The Morgan fingerprint density at radius 2 is 1.89 bits per heavy atom. The number of pyridine rings is 1. The lowest BCUT2D eigenvalue weighted by Crippen LogP contribution is -2.37. The first-order valence-electron chi connectivity index (χ1n) is 9.69. The van der Waals surface area contributed by atoms with Crippen LogP contribution in [-0.2, 0) is 4.74 Å². The van der Waals surface area contributed by atoms with E-state index in [9.17, 15) is 4.79 Å². The Kier molecular flexibility index (Phi) is 5.49. The molecule has 0 bridgehead atoms. The zero-order valence-corrected chi connectivity index (χ0v) is 17.1. The lowest BCUT2D eigenvalue weighted by molar-refractivity contribution is 0.0517. The molecule has 1 saturated carbocycles. The number of nitrogens with one attached hydrogen (secondary N) is 2. The lowest BCUT2D eigenvalue weighted by Gasteiger charge is -2.22. The largest absolute Gasteiger partial charge is 0.444 e. The summed E-state index contributed by atoms with van der Waals surface area (Å²) >= 11 is 0. The molecule has 6 nitrogen and oxygen atoms in total. The molecule has 2 aromatic rings. The zero-order valence-electron chi connectivity index (χ0n) is 17.1. The van der Waals surface area contributed by atoms with Gasteiger partial charge in [-0.05, 0) is 64.3 Å². The van der Waals surface area contributed by atoms with Crippen LogP contribution in [-0.4, -0.2) is 29.8 Å². The Balaban J connectivity index is 1.59. The van der Waals surface area contributed by atoms with E-state index in [0.717, 1.165) is 47.6 Å². The molecule has 1 aromatic carbocycles. The number of hydrogen-bond donors (Lipinski definition) is 3. The van der Waals surface area contributed by atoms with Crippen molar-refractivity contribution in [3.63, 3.8) is 0 Å². The van der Waals surface area contributed by atoms with E-state index in [2.05, 4.69) is 21.7 Å². The quantitative estimate of drug-likeness (QED) is 0.646. The number of nitrogens with zero attached hydrogens (tertiary/aromatic N) is 1. The smallest absolute Gasteiger partial charge is 0.407 e. The lowest BCUT2D eigenvalue weighted by atomic mass is 10.0. The summed E-state index contributed by atoms with van der Waals surface area (Å²) in [5.74, 6) is 0. The van der Waals surface area contributed by atoms with Crippen LogP contribution in [0.2, 0.25) is 0 Å². The van der Waals surface area contributed by atoms with E-state index >= 15 is 0 Å². The predicted octanol–water partition coefficient (Wildman–Crippen LogP) is 4.36. The predicted molar refractivity (Wildman–Crippen MR) is 113 cm³/mol. The fourth-order valence-corrected chi connectivity index (χ4v) is 3.04. The normalized spacial score (nSPS) is 15.0. The van der Waals surface area contributed by atoms with Gasteiger partial charge in [0, 0.05) is 35.4 Å². The molecule has 1 aliphatic rings. The molecule has 1 heterocycles. The van der Waals surface area contributed by atoms with Crippen molar-refractivity contribution in [2.45, 2.75) is 46.1 Å². The van der Waals surface area contributed by atoms with Gasteiger partial charge in [-0.15, -0.1) is 0 Å². The Morgan fingerprint density at radius 3 is 2.50 bits per heavy atom. The average Bonchev–Trinajstić information content (AvgIpc) is 3.39. The number of carbonyl (C=O) groups excluding carboxylic acids is 1. The number of amides is 1. The molecule has 28 heavy (non-hydrogen) atoms. The molecule has 0 unspecified atom stereocenters. The SMILES string of the molecule is Cc1ncc(NCC2(CNC(=O)OC(C)(C)C)CC2)cc1-c1ccc(N)cc1. The third kappa shape index (κ3) is 5.38. The number of aryl methyl sites for hydroxylation is 1. The minimum Gasteiger partial charge on any atom is -0.444 e. The van der Waals surface area contributed by atoms with Crippen LogP contribution in [0.4, 0.5) is 16.2 Å². The van der Waals surface area contributed by atoms with E-state index in [4.69, 9.17) is 10.5 Å². The van der Waals surface area contributed by atoms with E-state index < -0.39 is 5.60 Å². The molecule has 150 valence electrons. The topological polar surface area (TPSA) is 89.3 Å². The van der Waals surface area contributed by atoms with Gasteiger partial charge in [-0.25, -0.2) is 4.79 Å². The van der Waals surface area contributed by atoms with Crippen LogP contribution in [0.25, 0.3) is 11.1 Å². The minimum atomic E-state index is -0.481. The van der Waals surface area contributed by atoms with Crippen molar-refractivity contribution in [2.75, 3.05) is 24.1 Å². The molecule has 1 amide bonds. The number of ether oxygens (including phenoxy) is 1. The third-order valence-electron chi connectivity index (χ3n) is 4.94. The Hall–Kier alpha value is -2.76. The van der Waals surface area contributed by atoms with Crippen molar-refractivity contribution in [2.24, 2.45) is 5.41 Å². The standard InChI is InChI=1S/C22H30N4O2/c1-15-19(16-5-7-17(23)8-6-16)11-18(12-24-15)25-13-22(9-10-22)14-26-20(27)28-21(2,3)4/h5-8,11-12,25H,9-10,13-14,23H2,1-4H3,(H,26,27). The van der Waals surface area contributed by atoms with E-state index in [0.29, 0.717) is 6.54 Å². The maximum atomic E-state index is 11.9. The number of anilines is 2. The Bertz CT molecular complexity index is 837. The molecular weight excluding hydrogens is 352 g/mol. The number of nitrogen functional groups attached to an aromatic ring is 1. The molecule has 1 fully saturated rings. The molecule has 0 atom stereocenters. The van der Waals surface area contributed by atoms with Crippen molar-refractivity contribution in [3.8, 4) is 11.1 Å². The highest BCUT2D eigenvalue weighted by molar-refractivity contribution is 5.71. The molecule has 1 aromatic heterocycles. The van der Waals surface area contributed by atoms with E-state index in [1.54, 1.807) is 0 Å². The Labute approximate surface area is 166 Å². The van der Waals surface area contributed by atoms with Gasteiger partial charge >= 0.3 is 6.09 Å². The van der Waals surface area contributed by atoms with E-state index in [1.165, 1.54) is 0 Å². The molecule has 3 rings (SSSR count). The summed E-state index contributed by atoms with van der Waals surface area (Å²) in [4.78, 5) is 16.4. The molecule has 6 heteroatoms. The van der Waals surface area contributed by atoms with Crippen molar-refractivity contribution in [1.82, 2.24) is 10.3 Å². The van der Waals surface area contributed by atoms with Crippen LogP contribution in [0.15, 0.2) is 36.5 Å². The number of hydrogen-bond acceptors (Lipinski definition) is 5. The first kappa shape index (κ1) is 20.0. The van der Waals surface area contributed by atoms with E-state index in [1.807, 2.05) is 58.2 Å². The summed E-state index contributed by atoms with van der Waals surface area (Å²) in [6.07, 6.45) is 3.66. The summed E-state index contributed by atoms with van der Waals surface area (Å²) in [6.45, 7) is 8.99. The first-order chi connectivity index (χ1) is 13.2. The summed E-state index contributed by atoms with van der Waals surface area (Å²) in [6, 6.07) is 9.94. The molecule has 4 N–H and O–H groups in total. The van der Waals surface area contributed by atoms with Gasteiger partial charge in [0.1, 0.15) is 5.60 Å². The molecule has 0 aliphatic heterocycles. The van der Waals surface area contributed by atoms with Gasteiger partial charge in [0.05, 0.1) is 11.9 Å². The number of rotatable bonds is 6. The second-order valence-electron chi connectivity index (χ2n) is 8.69. The maximum absolute atomic E-state index is 11.9. The van der Waals surface area contributed by atoms with Crippen LogP contribution in [0.1, 0.15) is 39.3 Å². The van der Waals surface area contributed by atoms with Gasteiger partial charge < -0.3 is 21.1 Å². The molecule has 1 aliphatic carbocycles. The fraction of sp³-hybridized carbons (Fsp3) is 0.455. The van der Waals surface area contributed by atoms with E-state index in [-0.39, 0.29) is 11.5 Å². The third-order valence-corrected chi connectivity index (χ3v) is 4.94. The molecule has 0 spiro atoms.